The Balaban J connectivity index is 1.97. The number of rotatable bonds is 4. The number of anilines is 1. The molecule has 2 rings (SSSR count). The van der Waals surface area contributed by atoms with Crippen LogP contribution in [0.4, 0.5) is 5.82 Å². The Hall–Kier alpha value is -1.73. The summed E-state index contributed by atoms with van der Waals surface area (Å²) in [5.41, 5.74) is 5.67. The lowest BCUT2D eigenvalue weighted by Crippen LogP contribution is -2.58. The lowest BCUT2D eigenvalue weighted by Gasteiger charge is -2.45. The van der Waals surface area contributed by atoms with Gasteiger partial charge in [-0.2, -0.15) is 0 Å². The number of nitrogens with one attached hydrogen (secondary N) is 1. The molecule has 2 heterocycles. The number of carbonyl (C=O) groups excluding carboxylic acids is 1. The molecule has 0 aliphatic carbocycles. The van der Waals surface area contributed by atoms with Crippen LogP contribution in [0, 0.1) is 0 Å². The number of morpholine rings is 1. The van der Waals surface area contributed by atoms with Crippen molar-refractivity contribution in [3.05, 3.63) is 18.1 Å². The molecule has 0 radical (unpaired) electrons. The number of aromatic nitrogens is 2. The van der Waals surface area contributed by atoms with E-state index in [9.17, 15) is 4.79 Å². The van der Waals surface area contributed by atoms with Gasteiger partial charge < -0.3 is 15.8 Å². The Labute approximate surface area is 131 Å². The largest absolute Gasteiger partial charge is 0.382 e. The molecule has 22 heavy (non-hydrogen) atoms. The first-order valence-electron chi connectivity index (χ1n) is 7.55. The summed E-state index contributed by atoms with van der Waals surface area (Å²) in [6, 6.07) is 0. The van der Waals surface area contributed by atoms with Gasteiger partial charge in [0.15, 0.2) is 11.5 Å². The maximum Gasteiger partial charge on any atom is 0.273 e. The van der Waals surface area contributed by atoms with Crippen LogP contribution in [-0.4, -0.2) is 58.2 Å². The SMILES string of the molecule is C[C@@H]1CN(C(C)(C)CNC(=O)c2nccnc2N)C[C@H](C)O1. The molecule has 1 aromatic rings. The van der Waals surface area contributed by atoms with Crippen molar-refractivity contribution in [2.24, 2.45) is 0 Å². The smallest absolute Gasteiger partial charge is 0.273 e. The monoisotopic (exact) mass is 307 g/mol. The van der Waals surface area contributed by atoms with Gasteiger partial charge in [-0.3, -0.25) is 9.69 Å². The molecule has 1 fully saturated rings. The van der Waals surface area contributed by atoms with Crippen molar-refractivity contribution in [3.63, 3.8) is 0 Å². The number of amides is 1. The van der Waals surface area contributed by atoms with Crippen molar-refractivity contribution in [2.45, 2.75) is 45.4 Å². The zero-order valence-electron chi connectivity index (χ0n) is 13.7. The fourth-order valence-corrected chi connectivity index (χ4v) is 2.69. The van der Waals surface area contributed by atoms with Crippen LogP contribution in [0.15, 0.2) is 12.4 Å². The predicted octanol–water partition coefficient (Wildman–Crippen LogP) is 0.676. The van der Waals surface area contributed by atoms with Gasteiger partial charge in [0.25, 0.3) is 5.91 Å². The normalized spacial score (nSPS) is 23.3. The molecular weight excluding hydrogens is 282 g/mol. The van der Waals surface area contributed by atoms with E-state index >= 15 is 0 Å². The van der Waals surface area contributed by atoms with Gasteiger partial charge in [-0.15, -0.1) is 0 Å². The molecule has 0 saturated carbocycles. The van der Waals surface area contributed by atoms with Crippen molar-refractivity contribution in [3.8, 4) is 0 Å². The van der Waals surface area contributed by atoms with Crippen molar-refractivity contribution < 1.29 is 9.53 Å². The van der Waals surface area contributed by atoms with Gasteiger partial charge >= 0.3 is 0 Å². The van der Waals surface area contributed by atoms with E-state index in [1.807, 2.05) is 0 Å². The van der Waals surface area contributed by atoms with Gasteiger partial charge in [0.05, 0.1) is 12.2 Å². The number of nitrogens with two attached hydrogens (primary N) is 1. The summed E-state index contributed by atoms with van der Waals surface area (Å²) in [6.45, 7) is 10.5. The number of ether oxygens (including phenoxy) is 1. The molecule has 1 saturated heterocycles. The first-order chi connectivity index (χ1) is 10.3. The van der Waals surface area contributed by atoms with Crippen LogP contribution in [0.25, 0.3) is 0 Å². The average Bonchev–Trinajstić information content (AvgIpc) is 2.44. The molecular formula is C15H25N5O2. The molecule has 0 bridgehead atoms. The molecule has 122 valence electrons. The summed E-state index contributed by atoms with van der Waals surface area (Å²) in [6.07, 6.45) is 3.30. The second-order valence-electron chi connectivity index (χ2n) is 6.45. The summed E-state index contributed by atoms with van der Waals surface area (Å²) in [7, 11) is 0. The maximum atomic E-state index is 12.2. The zero-order valence-corrected chi connectivity index (χ0v) is 13.7. The van der Waals surface area contributed by atoms with Gasteiger partial charge in [0.1, 0.15) is 0 Å². The van der Waals surface area contributed by atoms with E-state index < -0.39 is 0 Å². The van der Waals surface area contributed by atoms with Crippen LogP contribution in [0.1, 0.15) is 38.2 Å². The van der Waals surface area contributed by atoms with E-state index in [4.69, 9.17) is 10.5 Å². The molecule has 1 aromatic heterocycles. The number of nitrogens with zero attached hydrogens (tertiary/aromatic N) is 3. The Morgan fingerprint density at radius 1 is 1.36 bits per heavy atom. The Bertz CT molecular complexity index is 524. The summed E-state index contributed by atoms with van der Waals surface area (Å²) in [5, 5.41) is 2.90. The molecule has 2 atom stereocenters. The highest BCUT2D eigenvalue weighted by Crippen LogP contribution is 2.20. The number of hydrogen-bond acceptors (Lipinski definition) is 6. The molecule has 7 heteroatoms. The first-order valence-corrected chi connectivity index (χ1v) is 7.55. The highest BCUT2D eigenvalue weighted by molar-refractivity contribution is 5.96. The lowest BCUT2D eigenvalue weighted by molar-refractivity contribution is -0.0948. The highest BCUT2D eigenvalue weighted by atomic mass is 16.5. The quantitative estimate of drug-likeness (QED) is 0.849. The van der Waals surface area contributed by atoms with Gasteiger partial charge in [0, 0.05) is 37.6 Å². The molecule has 0 aromatic carbocycles. The topological polar surface area (TPSA) is 93.4 Å². The van der Waals surface area contributed by atoms with Crippen LogP contribution < -0.4 is 11.1 Å². The van der Waals surface area contributed by atoms with Crippen molar-refractivity contribution in [2.75, 3.05) is 25.4 Å². The average molecular weight is 307 g/mol. The first kappa shape index (κ1) is 16.6. The third-order valence-electron chi connectivity index (χ3n) is 3.90. The summed E-state index contributed by atoms with van der Waals surface area (Å²) >= 11 is 0. The molecule has 0 unspecified atom stereocenters. The van der Waals surface area contributed by atoms with Crippen LogP contribution in [-0.2, 0) is 4.74 Å². The fourth-order valence-electron chi connectivity index (χ4n) is 2.69. The fraction of sp³-hybridized carbons (Fsp3) is 0.667. The van der Waals surface area contributed by atoms with E-state index in [2.05, 4.69) is 47.9 Å². The lowest BCUT2D eigenvalue weighted by atomic mass is 10.00. The Morgan fingerprint density at radius 2 is 1.95 bits per heavy atom. The molecule has 3 N–H and O–H groups in total. The molecule has 7 nitrogen and oxygen atoms in total. The summed E-state index contributed by atoms with van der Waals surface area (Å²) in [4.78, 5) is 22.4. The molecule has 1 amide bonds. The Morgan fingerprint density at radius 3 is 2.55 bits per heavy atom. The van der Waals surface area contributed by atoms with E-state index in [0.717, 1.165) is 13.1 Å². The number of nitrogen functional groups attached to an aromatic ring is 1. The molecule has 1 aliphatic heterocycles. The number of hydrogen-bond donors (Lipinski definition) is 2. The van der Waals surface area contributed by atoms with Gasteiger partial charge in [0.2, 0.25) is 0 Å². The highest BCUT2D eigenvalue weighted by Gasteiger charge is 2.33. The van der Waals surface area contributed by atoms with Crippen LogP contribution >= 0.6 is 0 Å². The summed E-state index contributed by atoms with van der Waals surface area (Å²) in [5.74, 6) is -0.153. The third kappa shape index (κ3) is 3.92. The number of carbonyl (C=O) groups is 1. The Kier molecular flexibility index (Phi) is 4.97. The van der Waals surface area contributed by atoms with Gasteiger partial charge in [-0.1, -0.05) is 0 Å². The third-order valence-corrected chi connectivity index (χ3v) is 3.90. The van der Waals surface area contributed by atoms with Crippen LogP contribution in [0.5, 0.6) is 0 Å². The van der Waals surface area contributed by atoms with Crippen LogP contribution in [0.2, 0.25) is 0 Å². The van der Waals surface area contributed by atoms with Gasteiger partial charge in [-0.05, 0) is 27.7 Å². The predicted molar refractivity (Wildman–Crippen MR) is 84.4 cm³/mol. The van der Waals surface area contributed by atoms with Crippen LogP contribution in [0.3, 0.4) is 0 Å². The van der Waals surface area contributed by atoms with Crippen molar-refractivity contribution in [1.29, 1.82) is 0 Å². The minimum Gasteiger partial charge on any atom is -0.382 e. The van der Waals surface area contributed by atoms with Crippen molar-refractivity contribution in [1.82, 2.24) is 20.2 Å². The molecule has 1 aliphatic rings. The molecule has 0 spiro atoms. The zero-order chi connectivity index (χ0) is 16.3. The minimum atomic E-state index is -0.298. The van der Waals surface area contributed by atoms with E-state index in [1.54, 1.807) is 0 Å². The maximum absolute atomic E-state index is 12.2. The second-order valence-corrected chi connectivity index (χ2v) is 6.45. The van der Waals surface area contributed by atoms with Gasteiger partial charge in [-0.25, -0.2) is 9.97 Å². The van der Waals surface area contributed by atoms with E-state index in [1.165, 1.54) is 12.4 Å². The minimum absolute atomic E-state index is 0.145. The standard InChI is InChI=1S/C15H25N5O2/c1-10-7-20(8-11(2)22-10)15(3,4)9-19-14(21)12-13(16)18-6-5-17-12/h5-6,10-11H,7-9H2,1-4H3,(H2,16,18)(H,19,21)/t10-,11+. The van der Waals surface area contributed by atoms with E-state index in [0.29, 0.717) is 6.54 Å². The van der Waals surface area contributed by atoms with E-state index in [-0.39, 0.29) is 35.2 Å². The van der Waals surface area contributed by atoms with Crippen molar-refractivity contribution >= 4 is 11.7 Å². The summed E-state index contributed by atoms with van der Waals surface area (Å²) < 4.78 is 5.76. The second kappa shape index (κ2) is 6.58.